The van der Waals surface area contributed by atoms with E-state index in [1.807, 2.05) is 11.6 Å². The molecule has 0 radical (unpaired) electrons. The van der Waals surface area contributed by atoms with E-state index in [4.69, 9.17) is 0 Å². The molecule has 94 valence electrons. The summed E-state index contributed by atoms with van der Waals surface area (Å²) in [6, 6.07) is 0. The number of carbonyl (C=O) groups excluding carboxylic acids is 1. The first-order valence-electron chi connectivity index (χ1n) is 6.35. The minimum absolute atomic E-state index is 0.352. The van der Waals surface area contributed by atoms with Gasteiger partial charge in [-0.15, -0.1) is 0 Å². The van der Waals surface area contributed by atoms with E-state index in [0.29, 0.717) is 18.1 Å². The maximum Gasteiger partial charge on any atom is 0.139 e. The Balaban J connectivity index is 2.03. The molecule has 1 aromatic heterocycles. The van der Waals surface area contributed by atoms with E-state index in [0.717, 1.165) is 28.8 Å². The number of rotatable bonds is 5. The molecule has 1 aromatic rings. The van der Waals surface area contributed by atoms with Crippen LogP contribution in [-0.2, 0) is 17.8 Å². The van der Waals surface area contributed by atoms with Crippen molar-refractivity contribution in [3.63, 3.8) is 0 Å². The van der Waals surface area contributed by atoms with Gasteiger partial charge in [0.15, 0.2) is 0 Å². The van der Waals surface area contributed by atoms with E-state index in [1.54, 1.807) is 0 Å². The topological polar surface area (TPSA) is 34.9 Å². The van der Waals surface area contributed by atoms with Crippen molar-refractivity contribution in [3.05, 3.63) is 15.9 Å². The zero-order valence-corrected chi connectivity index (χ0v) is 12.1. The maximum atomic E-state index is 12.0. The van der Waals surface area contributed by atoms with Gasteiger partial charge in [-0.2, -0.15) is 5.10 Å². The molecule has 3 nitrogen and oxygen atoms in total. The second kappa shape index (κ2) is 5.34. The summed E-state index contributed by atoms with van der Waals surface area (Å²) in [7, 11) is 0. The average molecular weight is 299 g/mol. The molecule has 1 aliphatic carbocycles. The summed E-state index contributed by atoms with van der Waals surface area (Å²) in [4.78, 5) is 12.0. The molecule has 1 fully saturated rings. The average Bonchev–Trinajstić information content (AvgIpc) is 2.51. The number of aryl methyl sites for hydroxylation is 2. The zero-order chi connectivity index (χ0) is 12.4. The van der Waals surface area contributed by atoms with Crippen LogP contribution in [0.25, 0.3) is 0 Å². The molecule has 0 aliphatic heterocycles. The predicted octanol–water partition coefficient (Wildman–Crippen LogP) is 3.28. The van der Waals surface area contributed by atoms with Gasteiger partial charge < -0.3 is 0 Å². The quantitative estimate of drug-likeness (QED) is 0.836. The fraction of sp³-hybridized carbons (Fsp3) is 0.692. The van der Waals surface area contributed by atoms with Crippen LogP contribution in [0.1, 0.15) is 44.0 Å². The van der Waals surface area contributed by atoms with Crippen molar-refractivity contribution in [3.8, 4) is 0 Å². The first-order valence-corrected chi connectivity index (χ1v) is 7.14. The molecular formula is C13H19BrN2O. The number of carbonyl (C=O) groups is 1. The lowest BCUT2D eigenvalue weighted by molar-refractivity contribution is -0.120. The van der Waals surface area contributed by atoms with Gasteiger partial charge >= 0.3 is 0 Å². The predicted molar refractivity (Wildman–Crippen MR) is 71.0 cm³/mol. The second-order valence-corrected chi connectivity index (χ2v) is 5.67. The van der Waals surface area contributed by atoms with Gasteiger partial charge in [-0.05, 0) is 35.7 Å². The van der Waals surface area contributed by atoms with Crippen molar-refractivity contribution < 1.29 is 4.79 Å². The molecular weight excluding hydrogens is 280 g/mol. The summed E-state index contributed by atoms with van der Waals surface area (Å²) in [5.74, 6) is 1.00. The Hall–Kier alpha value is -0.640. The summed E-state index contributed by atoms with van der Waals surface area (Å²) in [5, 5.41) is 4.41. The monoisotopic (exact) mass is 298 g/mol. The molecule has 0 amide bonds. The lowest BCUT2D eigenvalue weighted by atomic mass is 9.81. The molecule has 2 rings (SSSR count). The van der Waals surface area contributed by atoms with E-state index in [2.05, 4.69) is 28.0 Å². The molecule has 0 spiro atoms. The van der Waals surface area contributed by atoms with E-state index < -0.39 is 0 Å². The third-order valence-corrected chi connectivity index (χ3v) is 4.59. The summed E-state index contributed by atoms with van der Waals surface area (Å²) in [5.41, 5.74) is 2.01. The third-order valence-electron chi connectivity index (χ3n) is 3.56. The van der Waals surface area contributed by atoms with Crippen LogP contribution in [0, 0.1) is 12.8 Å². The van der Waals surface area contributed by atoms with Crippen LogP contribution in [0.3, 0.4) is 0 Å². The fourth-order valence-corrected chi connectivity index (χ4v) is 2.74. The smallest absolute Gasteiger partial charge is 0.139 e. The summed E-state index contributed by atoms with van der Waals surface area (Å²) < 4.78 is 2.93. The highest BCUT2D eigenvalue weighted by Gasteiger charge is 2.22. The minimum Gasteiger partial charge on any atom is -0.299 e. The largest absolute Gasteiger partial charge is 0.299 e. The Morgan fingerprint density at radius 1 is 1.53 bits per heavy atom. The highest BCUT2D eigenvalue weighted by atomic mass is 79.9. The fourth-order valence-electron chi connectivity index (χ4n) is 2.32. The Kier molecular flexibility index (Phi) is 4.02. The Bertz CT molecular complexity index is 421. The number of halogens is 1. The maximum absolute atomic E-state index is 12.0. The highest BCUT2D eigenvalue weighted by molar-refractivity contribution is 9.10. The van der Waals surface area contributed by atoms with Crippen LogP contribution in [0.15, 0.2) is 4.47 Å². The van der Waals surface area contributed by atoms with Crippen LogP contribution in [0.5, 0.6) is 0 Å². The first-order chi connectivity index (χ1) is 8.11. The van der Waals surface area contributed by atoms with Gasteiger partial charge in [0.1, 0.15) is 5.78 Å². The first kappa shape index (κ1) is 12.8. The minimum atomic E-state index is 0.352. The van der Waals surface area contributed by atoms with Crippen LogP contribution in [-0.4, -0.2) is 15.6 Å². The van der Waals surface area contributed by atoms with Gasteiger partial charge in [0.2, 0.25) is 0 Å². The van der Waals surface area contributed by atoms with E-state index in [-0.39, 0.29) is 0 Å². The van der Waals surface area contributed by atoms with Crippen molar-refractivity contribution in [2.24, 2.45) is 5.92 Å². The number of hydrogen-bond donors (Lipinski definition) is 0. The van der Waals surface area contributed by atoms with Gasteiger partial charge in [-0.25, -0.2) is 0 Å². The zero-order valence-electron chi connectivity index (χ0n) is 10.5. The van der Waals surface area contributed by atoms with Gasteiger partial charge in [0.25, 0.3) is 0 Å². The molecule has 1 heterocycles. The normalized spacial score (nSPS) is 15.9. The third kappa shape index (κ3) is 2.79. The van der Waals surface area contributed by atoms with Crippen molar-refractivity contribution in [1.82, 2.24) is 9.78 Å². The van der Waals surface area contributed by atoms with E-state index in [1.165, 1.54) is 19.3 Å². The summed E-state index contributed by atoms with van der Waals surface area (Å²) in [6.07, 6.45) is 5.04. The lowest BCUT2D eigenvalue weighted by Gasteiger charge is -2.24. The molecule has 1 aliphatic rings. The molecule has 0 unspecified atom stereocenters. The van der Waals surface area contributed by atoms with E-state index in [9.17, 15) is 4.79 Å². The summed E-state index contributed by atoms with van der Waals surface area (Å²) in [6.45, 7) is 4.84. The molecule has 0 bridgehead atoms. The number of Topliss-reactive ketones (excluding diaryl/α,β-unsaturated/α-hetero) is 1. The number of hydrogen-bond acceptors (Lipinski definition) is 2. The lowest BCUT2D eigenvalue weighted by Crippen LogP contribution is -2.18. The van der Waals surface area contributed by atoms with Crippen LogP contribution in [0.4, 0.5) is 0 Å². The molecule has 0 aromatic carbocycles. The van der Waals surface area contributed by atoms with Crippen molar-refractivity contribution >= 4 is 21.7 Å². The molecule has 0 atom stereocenters. The number of ketones is 1. The number of aromatic nitrogens is 2. The van der Waals surface area contributed by atoms with Crippen molar-refractivity contribution in [1.29, 1.82) is 0 Å². The van der Waals surface area contributed by atoms with Crippen molar-refractivity contribution in [2.75, 3.05) is 0 Å². The Morgan fingerprint density at radius 2 is 2.24 bits per heavy atom. The van der Waals surface area contributed by atoms with E-state index >= 15 is 0 Å². The Morgan fingerprint density at radius 3 is 2.76 bits per heavy atom. The SMILES string of the molecule is CCn1nc(C)c(Br)c1CC(=O)CC1CCC1. The molecule has 1 saturated carbocycles. The van der Waals surface area contributed by atoms with Gasteiger partial charge in [-0.1, -0.05) is 19.3 Å². The van der Waals surface area contributed by atoms with Gasteiger partial charge in [0.05, 0.1) is 15.9 Å². The van der Waals surface area contributed by atoms with Gasteiger partial charge in [0, 0.05) is 19.4 Å². The van der Waals surface area contributed by atoms with Gasteiger partial charge in [-0.3, -0.25) is 9.48 Å². The molecule has 17 heavy (non-hydrogen) atoms. The van der Waals surface area contributed by atoms with Crippen LogP contribution in [0.2, 0.25) is 0 Å². The Labute approximate surface area is 111 Å². The van der Waals surface area contributed by atoms with Crippen LogP contribution >= 0.6 is 15.9 Å². The van der Waals surface area contributed by atoms with Crippen molar-refractivity contribution in [2.45, 2.75) is 52.5 Å². The second-order valence-electron chi connectivity index (χ2n) is 4.88. The molecule has 4 heteroatoms. The number of nitrogens with zero attached hydrogens (tertiary/aromatic N) is 2. The standard InChI is InChI=1S/C13H19BrN2O/c1-3-16-12(13(14)9(2)15-16)8-11(17)7-10-5-4-6-10/h10H,3-8H2,1-2H3. The highest BCUT2D eigenvalue weighted by Crippen LogP contribution is 2.30. The summed E-state index contributed by atoms with van der Waals surface area (Å²) >= 11 is 3.53. The molecule has 0 saturated heterocycles. The molecule has 0 N–H and O–H groups in total. The van der Waals surface area contributed by atoms with Crippen LogP contribution < -0.4 is 0 Å².